The molecule has 0 radical (unpaired) electrons. The molecule has 3 rings (SSSR count). The Balaban J connectivity index is 1.72. The lowest BCUT2D eigenvalue weighted by atomic mass is 10.1. The number of amides is 1. The summed E-state index contributed by atoms with van der Waals surface area (Å²) in [5.74, 6) is 0.405. The molecule has 0 aliphatic heterocycles. The lowest BCUT2D eigenvalue weighted by Gasteiger charge is -2.05. The van der Waals surface area contributed by atoms with Gasteiger partial charge in [0.25, 0.3) is 5.91 Å². The summed E-state index contributed by atoms with van der Waals surface area (Å²) >= 11 is 6.23. The summed E-state index contributed by atoms with van der Waals surface area (Å²) in [6.45, 7) is 4.47. The van der Waals surface area contributed by atoms with Crippen LogP contribution in [0.5, 0.6) is 5.75 Å². The Labute approximate surface area is 156 Å². The van der Waals surface area contributed by atoms with Gasteiger partial charge >= 0.3 is 0 Å². The van der Waals surface area contributed by atoms with Crippen LogP contribution >= 0.6 is 11.6 Å². The van der Waals surface area contributed by atoms with Gasteiger partial charge in [-0.2, -0.15) is 5.10 Å². The summed E-state index contributed by atoms with van der Waals surface area (Å²) in [6, 6.07) is 14.7. The Kier molecular flexibility index (Phi) is 5.49. The van der Waals surface area contributed by atoms with E-state index in [1.807, 2.05) is 38.1 Å². The molecule has 0 spiro atoms. The fraction of sp³-hybridized carbons (Fsp3) is 0.150. The molecule has 6 heteroatoms. The second-order valence-corrected chi connectivity index (χ2v) is 6.03. The summed E-state index contributed by atoms with van der Waals surface area (Å²) in [4.78, 5) is 16.5. The zero-order chi connectivity index (χ0) is 18.5. The molecule has 132 valence electrons. The topological polar surface area (TPSA) is 63.6 Å². The van der Waals surface area contributed by atoms with Gasteiger partial charge in [0, 0.05) is 16.5 Å². The molecule has 1 N–H and O–H groups in total. The van der Waals surface area contributed by atoms with Crippen molar-refractivity contribution >= 4 is 34.6 Å². The molecule has 0 fully saturated rings. The van der Waals surface area contributed by atoms with Crippen LogP contribution in [0.15, 0.2) is 53.6 Å². The fourth-order valence-electron chi connectivity index (χ4n) is 2.53. The van der Waals surface area contributed by atoms with Gasteiger partial charge in [-0.3, -0.25) is 4.79 Å². The summed E-state index contributed by atoms with van der Waals surface area (Å²) < 4.78 is 5.35. The van der Waals surface area contributed by atoms with Crippen LogP contribution in [0.3, 0.4) is 0 Å². The predicted molar refractivity (Wildman–Crippen MR) is 104 cm³/mol. The number of hydrogen-bond donors (Lipinski definition) is 1. The number of benzene rings is 2. The molecule has 1 amide bonds. The molecule has 0 bridgehead atoms. The number of fused-ring (bicyclic) bond motifs is 1. The van der Waals surface area contributed by atoms with Crippen molar-refractivity contribution in [3.63, 3.8) is 0 Å². The van der Waals surface area contributed by atoms with E-state index in [-0.39, 0.29) is 5.91 Å². The van der Waals surface area contributed by atoms with Gasteiger partial charge in [-0.15, -0.1) is 0 Å². The van der Waals surface area contributed by atoms with Crippen LogP contribution in [0.4, 0.5) is 0 Å². The smallest absolute Gasteiger partial charge is 0.271 e. The lowest BCUT2D eigenvalue weighted by Crippen LogP contribution is -2.17. The van der Waals surface area contributed by atoms with E-state index in [0.29, 0.717) is 22.9 Å². The van der Waals surface area contributed by atoms with E-state index in [9.17, 15) is 4.79 Å². The molecule has 2 aromatic carbocycles. The Morgan fingerprint density at radius 1 is 1.27 bits per heavy atom. The zero-order valence-electron chi connectivity index (χ0n) is 14.5. The van der Waals surface area contributed by atoms with Gasteiger partial charge in [0.05, 0.1) is 18.3 Å². The Morgan fingerprint density at radius 3 is 2.77 bits per heavy atom. The first-order valence-corrected chi connectivity index (χ1v) is 8.58. The summed E-state index contributed by atoms with van der Waals surface area (Å²) in [5, 5.41) is 5.29. The average Bonchev–Trinajstić information content (AvgIpc) is 2.64. The van der Waals surface area contributed by atoms with Gasteiger partial charge in [0.15, 0.2) is 0 Å². The van der Waals surface area contributed by atoms with Crippen molar-refractivity contribution in [1.29, 1.82) is 0 Å². The van der Waals surface area contributed by atoms with Crippen LogP contribution in [0.2, 0.25) is 5.15 Å². The predicted octanol–water partition coefficient (Wildman–Crippen LogP) is 4.36. The Bertz CT molecular complexity index is 969. The van der Waals surface area contributed by atoms with E-state index in [1.165, 1.54) is 6.21 Å². The third kappa shape index (κ3) is 4.00. The normalized spacial score (nSPS) is 11.0. The summed E-state index contributed by atoms with van der Waals surface area (Å²) in [7, 11) is 0. The summed E-state index contributed by atoms with van der Waals surface area (Å²) in [5.41, 5.74) is 5.52. The number of nitrogens with one attached hydrogen (secondary N) is 1. The quantitative estimate of drug-likeness (QED) is 0.414. The third-order valence-electron chi connectivity index (χ3n) is 3.83. The van der Waals surface area contributed by atoms with Crippen molar-refractivity contribution in [2.75, 3.05) is 6.61 Å². The molecule has 0 aliphatic rings. The molecule has 3 aromatic rings. The van der Waals surface area contributed by atoms with Crippen LogP contribution in [0, 0.1) is 6.92 Å². The van der Waals surface area contributed by atoms with Crippen LogP contribution < -0.4 is 10.2 Å². The highest BCUT2D eigenvalue weighted by Crippen LogP contribution is 2.21. The maximum atomic E-state index is 12.1. The SMILES string of the molecule is CCOc1ccc(C(=O)N/N=C\c2cc3cccc(C)c3nc2Cl)cc1. The second kappa shape index (κ2) is 7.97. The number of halogens is 1. The van der Waals surface area contributed by atoms with Gasteiger partial charge in [-0.25, -0.2) is 10.4 Å². The van der Waals surface area contributed by atoms with Gasteiger partial charge in [-0.05, 0) is 49.7 Å². The fourth-order valence-corrected chi connectivity index (χ4v) is 2.71. The highest BCUT2D eigenvalue weighted by Gasteiger charge is 2.06. The maximum absolute atomic E-state index is 12.1. The minimum Gasteiger partial charge on any atom is -0.494 e. The summed E-state index contributed by atoms with van der Waals surface area (Å²) in [6.07, 6.45) is 1.49. The van der Waals surface area contributed by atoms with Gasteiger partial charge < -0.3 is 4.74 Å². The van der Waals surface area contributed by atoms with Crippen LogP contribution in [-0.2, 0) is 0 Å². The number of carbonyl (C=O) groups is 1. The van der Waals surface area contributed by atoms with E-state index in [0.717, 1.165) is 22.2 Å². The first-order valence-electron chi connectivity index (χ1n) is 8.20. The van der Waals surface area contributed by atoms with E-state index < -0.39 is 0 Å². The number of carbonyl (C=O) groups excluding carboxylic acids is 1. The third-order valence-corrected chi connectivity index (χ3v) is 4.13. The number of aromatic nitrogens is 1. The minimum absolute atomic E-state index is 0.315. The maximum Gasteiger partial charge on any atom is 0.271 e. The number of rotatable bonds is 5. The van der Waals surface area contributed by atoms with Gasteiger partial charge in [0.2, 0.25) is 0 Å². The number of para-hydroxylation sites is 1. The second-order valence-electron chi connectivity index (χ2n) is 5.67. The largest absolute Gasteiger partial charge is 0.494 e. The number of nitrogens with zero attached hydrogens (tertiary/aromatic N) is 2. The van der Waals surface area contributed by atoms with E-state index in [2.05, 4.69) is 15.5 Å². The van der Waals surface area contributed by atoms with Crippen molar-refractivity contribution in [3.8, 4) is 5.75 Å². The number of aryl methyl sites for hydroxylation is 1. The minimum atomic E-state index is -0.315. The van der Waals surface area contributed by atoms with Crippen LogP contribution in [-0.4, -0.2) is 23.7 Å². The van der Waals surface area contributed by atoms with Crippen molar-refractivity contribution in [3.05, 3.63) is 70.4 Å². The molecule has 5 nitrogen and oxygen atoms in total. The molecule has 0 atom stereocenters. The molecule has 1 aromatic heterocycles. The van der Waals surface area contributed by atoms with Gasteiger partial charge in [0.1, 0.15) is 10.9 Å². The number of hydrazone groups is 1. The zero-order valence-corrected chi connectivity index (χ0v) is 15.2. The number of pyridine rings is 1. The van der Waals surface area contributed by atoms with Gasteiger partial charge in [-0.1, -0.05) is 29.8 Å². The molecule has 0 aliphatic carbocycles. The molecular formula is C20H18ClN3O2. The average molecular weight is 368 g/mol. The Hall–Kier alpha value is -2.92. The highest BCUT2D eigenvalue weighted by atomic mass is 35.5. The molecule has 26 heavy (non-hydrogen) atoms. The van der Waals surface area contributed by atoms with E-state index >= 15 is 0 Å². The lowest BCUT2D eigenvalue weighted by molar-refractivity contribution is 0.0955. The molecule has 1 heterocycles. The Morgan fingerprint density at radius 2 is 2.04 bits per heavy atom. The first kappa shape index (κ1) is 17.9. The van der Waals surface area contributed by atoms with Crippen LogP contribution in [0.1, 0.15) is 28.4 Å². The van der Waals surface area contributed by atoms with Crippen molar-refractivity contribution < 1.29 is 9.53 Å². The standard InChI is InChI=1S/C20H18ClN3O2/c1-3-26-17-9-7-14(8-10-17)20(25)24-22-12-16-11-15-6-4-5-13(2)18(15)23-19(16)21/h4-12H,3H2,1-2H3,(H,24,25)/b22-12-. The highest BCUT2D eigenvalue weighted by molar-refractivity contribution is 6.32. The van der Waals surface area contributed by atoms with Crippen molar-refractivity contribution in [1.82, 2.24) is 10.4 Å². The van der Waals surface area contributed by atoms with E-state index in [1.54, 1.807) is 24.3 Å². The number of hydrogen-bond acceptors (Lipinski definition) is 4. The molecule has 0 saturated heterocycles. The van der Waals surface area contributed by atoms with E-state index in [4.69, 9.17) is 16.3 Å². The van der Waals surface area contributed by atoms with Crippen molar-refractivity contribution in [2.24, 2.45) is 5.10 Å². The molecule has 0 unspecified atom stereocenters. The first-order chi connectivity index (χ1) is 12.6. The monoisotopic (exact) mass is 367 g/mol. The molecular weight excluding hydrogens is 350 g/mol. The van der Waals surface area contributed by atoms with Crippen molar-refractivity contribution in [2.45, 2.75) is 13.8 Å². The molecule has 0 saturated carbocycles. The van der Waals surface area contributed by atoms with Crippen LogP contribution in [0.25, 0.3) is 10.9 Å². The number of ether oxygens (including phenoxy) is 1.